The monoisotopic (exact) mass is 202 g/mol. The zero-order valence-corrected chi connectivity index (χ0v) is 9.23. The van der Waals surface area contributed by atoms with Crippen LogP contribution in [0, 0.1) is 13.8 Å². The van der Waals surface area contributed by atoms with Crippen molar-refractivity contribution in [1.29, 1.82) is 0 Å². The smallest absolute Gasteiger partial charge is 0.164 e. The summed E-state index contributed by atoms with van der Waals surface area (Å²) in [6.07, 6.45) is 0. The zero-order valence-electron chi connectivity index (χ0n) is 9.23. The molecule has 0 amide bonds. The average molecular weight is 202 g/mol. The molecule has 0 radical (unpaired) electrons. The molecule has 0 aliphatic rings. The van der Waals surface area contributed by atoms with Gasteiger partial charge in [0.05, 0.1) is 6.54 Å². The fraction of sp³-hybridized carbons (Fsp3) is 0.364. The van der Waals surface area contributed by atoms with Gasteiger partial charge in [0.15, 0.2) is 0 Å². The van der Waals surface area contributed by atoms with E-state index < -0.39 is 0 Å². The average Bonchev–Trinajstić information content (AvgIpc) is 2.70. The fourth-order valence-electron chi connectivity index (χ4n) is 1.37. The van der Waals surface area contributed by atoms with Gasteiger partial charge in [-0.25, -0.2) is 0 Å². The van der Waals surface area contributed by atoms with Crippen LogP contribution in [0.5, 0.6) is 0 Å². The van der Waals surface area contributed by atoms with E-state index in [-0.39, 0.29) is 0 Å². The summed E-state index contributed by atoms with van der Waals surface area (Å²) in [5, 5.41) is 12.2. The van der Waals surface area contributed by atoms with Crippen LogP contribution in [0.25, 0.3) is 11.4 Å². The van der Waals surface area contributed by atoms with Gasteiger partial charge in [-0.1, -0.05) is 12.1 Å². The van der Waals surface area contributed by atoms with Crippen LogP contribution < -0.4 is 0 Å². The maximum Gasteiger partial charge on any atom is 0.204 e. The molecule has 0 aliphatic heterocycles. The lowest BCUT2D eigenvalue weighted by Gasteiger charge is -2.00. The normalized spacial score (nSPS) is 10.6. The number of aromatic nitrogens is 4. The van der Waals surface area contributed by atoms with Gasteiger partial charge < -0.3 is 0 Å². The predicted octanol–water partition coefficient (Wildman–Crippen LogP) is 1.98. The lowest BCUT2D eigenvalue weighted by molar-refractivity contribution is 0.553. The van der Waals surface area contributed by atoms with E-state index in [0.717, 1.165) is 12.1 Å². The van der Waals surface area contributed by atoms with Crippen LogP contribution in [0.15, 0.2) is 18.2 Å². The standard InChI is InChI=1S/C11H14N4/c1-4-15-13-11(12-14-15)10-6-5-8(2)9(3)7-10/h5-7H,4H2,1-3H3. The van der Waals surface area contributed by atoms with Crippen LogP contribution in [0.4, 0.5) is 0 Å². The Hall–Kier alpha value is -1.71. The highest BCUT2D eigenvalue weighted by Crippen LogP contribution is 2.17. The maximum atomic E-state index is 4.26. The van der Waals surface area contributed by atoms with Gasteiger partial charge in [-0.3, -0.25) is 0 Å². The summed E-state index contributed by atoms with van der Waals surface area (Å²) in [4.78, 5) is 1.59. The summed E-state index contributed by atoms with van der Waals surface area (Å²) < 4.78 is 0. The Kier molecular flexibility index (Phi) is 2.49. The highest BCUT2D eigenvalue weighted by molar-refractivity contribution is 5.56. The largest absolute Gasteiger partial charge is 0.204 e. The topological polar surface area (TPSA) is 43.6 Å². The molecule has 1 aromatic heterocycles. The number of hydrogen-bond donors (Lipinski definition) is 0. The van der Waals surface area contributed by atoms with E-state index in [0.29, 0.717) is 5.82 Å². The molecule has 0 bridgehead atoms. The second-order valence-electron chi connectivity index (χ2n) is 3.60. The number of nitrogens with zero attached hydrogens (tertiary/aromatic N) is 4. The van der Waals surface area contributed by atoms with Crippen molar-refractivity contribution in [2.45, 2.75) is 27.3 Å². The number of hydrogen-bond acceptors (Lipinski definition) is 3. The van der Waals surface area contributed by atoms with Crippen molar-refractivity contribution in [1.82, 2.24) is 20.2 Å². The first-order valence-corrected chi connectivity index (χ1v) is 5.06. The lowest BCUT2D eigenvalue weighted by atomic mass is 10.1. The molecule has 15 heavy (non-hydrogen) atoms. The second-order valence-corrected chi connectivity index (χ2v) is 3.60. The summed E-state index contributed by atoms with van der Waals surface area (Å²) in [6.45, 7) is 6.92. The third-order valence-electron chi connectivity index (χ3n) is 2.50. The molecule has 0 atom stereocenters. The van der Waals surface area contributed by atoms with Gasteiger partial charge in [-0.05, 0) is 43.2 Å². The van der Waals surface area contributed by atoms with Crippen molar-refractivity contribution in [3.8, 4) is 11.4 Å². The van der Waals surface area contributed by atoms with Gasteiger partial charge in [-0.15, -0.1) is 10.2 Å². The maximum absolute atomic E-state index is 4.26. The first kappa shape index (κ1) is 9.83. The third-order valence-corrected chi connectivity index (χ3v) is 2.50. The zero-order chi connectivity index (χ0) is 10.8. The van der Waals surface area contributed by atoms with Gasteiger partial charge in [0, 0.05) is 5.56 Å². The molecular formula is C11H14N4. The number of tetrazole rings is 1. The highest BCUT2D eigenvalue weighted by atomic mass is 15.6. The molecule has 0 fully saturated rings. The SMILES string of the molecule is CCn1nnc(-c2ccc(C)c(C)c2)n1. The van der Waals surface area contributed by atoms with Crippen LogP contribution in [-0.2, 0) is 6.54 Å². The molecule has 1 aromatic carbocycles. The molecule has 1 heterocycles. The molecule has 0 aliphatic carbocycles. The van der Waals surface area contributed by atoms with Crippen molar-refractivity contribution < 1.29 is 0 Å². The van der Waals surface area contributed by atoms with Crippen LogP contribution in [-0.4, -0.2) is 20.2 Å². The minimum atomic E-state index is 0.694. The molecule has 2 aromatic rings. The van der Waals surface area contributed by atoms with Crippen molar-refractivity contribution in [3.63, 3.8) is 0 Å². The minimum absolute atomic E-state index is 0.694. The van der Waals surface area contributed by atoms with Gasteiger partial charge in [0.2, 0.25) is 5.82 Å². The van der Waals surface area contributed by atoms with Crippen LogP contribution >= 0.6 is 0 Å². The summed E-state index contributed by atoms with van der Waals surface area (Å²) in [5.74, 6) is 0.694. The summed E-state index contributed by atoms with van der Waals surface area (Å²) in [6, 6.07) is 6.20. The lowest BCUT2D eigenvalue weighted by Crippen LogP contribution is -1.98. The van der Waals surface area contributed by atoms with Crippen molar-refractivity contribution in [2.75, 3.05) is 0 Å². The van der Waals surface area contributed by atoms with Gasteiger partial charge in [-0.2, -0.15) is 4.80 Å². The second kappa shape index (κ2) is 3.81. The van der Waals surface area contributed by atoms with Gasteiger partial charge in [0.25, 0.3) is 0 Å². The summed E-state index contributed by atoms with van der Waals surface area (Å²) >= 11 is 0. The highest BCUT2D eigenvalue weighted by Gasteiger charge is 2.05. The molecule has 0 saturated carbocycles. The number of aryl methyl sites for hydroxylation is 3. The van der Waals surface area contributed by atoms with E-state index in [1.165, 1.54) is 11.1 Å². The molecule has 4 heteroatoms. The number of rotatable bonds is 2. The van der Waals surface area contributed by atoms with Crippen molar-refractivity contribution in [2.24, 2.45) is 0 Å². The molecule has 0 spiro atoms. The van der Waals surface area contributed by atoms with E-state index in [4.69, 9.17) is 0 Å². The summed E-state index contributed by atoms with van der Waals surface area (Å²) in [7, 11) is 0. The molecule has 0 unspecified atom stereocenters. The first-order chi connectivity index (χ1) is 7.20. The van der Waals surface area contributed by atoms with E-state index in [2.05, 4.69) is 41.4 Å². The Morgan fingerprint density at radius 1 is 1.20 bits per heavy atom. The first-order valence-electron chi connectivity index (χ1n) is 5.06. The molecule has 2 rings (SSSR count). The molecule has 0 N–H and O–H groups in total. The van der Waals surface area contributed by atoms with E-state index in [1.807, 2.05) is 13.0 Å². The van der Waals surface area contributed by atoms with Crippen molar-refractivity contribution >= 4 is 0 Å². The van der Waals surface area contributed by atoms with E-state index >= 15 is 0 Å². The molecule has 78 valence electrons. The fourth-order valence-corrected chi connectivity index (χ4v) is 1.37. The van der Waals surface area contributed by atoms with E-state index in [9.17, 15) is 0 Å². The molecule has 0 saturated heterocycles. The Morgan fingerprint density at radius 2 is 2.00 bits per heavy atom. The minimum Gasteiger partial charge on any atom is -0.164 e. The van der Waals surface area contributed by atoms with Crippen molar-refractivity contribution in [3.05, 3.63) is 29.3 Å². The Bertz CT molecular complexity index is 473. The Labute approximate surface area is 88.9 Å². The van der Waals surface area contributed by atoms with Gasteiger partial charge in [0.1, 0.15) is 0 Å². The Morgan fingerprint density at radius 3 is 2.60 bits per heavy atom. The van der Waals surface area contributed by atoms with Crippen LogP contribution in [0.2, 0.25) is 0 Å². The molecular weight excluding hydrogens is 188 g/mol. The predicted molar refractivity (Wildman–Crippen MR) is 58.4 cm³/mol. The van der Waals surface area contributed by atoms with Crippen LogP contribution in [0.1, 0.15) is 18.1 Å². The van der Waals surface area contributed by atoms with Crippen LogP contribution in [0.3, 0.4) is 0 Å². The Balaban J connectivity index is 2.40. The molecule has 4 nitrogen and oxygen atoms in total. The third kappa shape index (κ3) is 1.88. The van der Waals surface area contributed by atoms with Gasteiger partial charge >= 0.3 is 0 Å². The summed E-state index contributed by atoms with van der Waals surface area (Å²) in [5.41, 5.74) is 3.56. The van der Waals surface area contributed by atoms with E-state index in [1.54, 1.807) is 4.80 Å². The number of benzene rings is 1. The quantitative estimate of drug-likeness (QED) is 0.747.